The van der Waals surface area contributed by atoms with Crippen LogP contribution < -0.4 is 0 Å². The van der Waals surface area contributed by atoms with Crippen molar-refractivity contribution in [3.05, 3.63) is 33.8 Å². The molecule has 1 aromatic carbocycles. The molecule has 10 heteroatoms. The first-order valence-corrected chi connectivity index (χ1v) is 10.9. The number of amides is 2. The summed E-state index contributed by atoms with van der Waals surface area (Å²) in [4.78, 5) is 26.6. The molecule has 2 atom stereocenters. The number of fused-ring (bicyclic) bond motifs is 1. The highest BCUT2D eigenvalue weighted by Gasteiger charge is 2.57. The Labute approximate surface area is 189 Å². The highest BCUT2D eigenvalue weighted by Crippen LogP contribution is 2.39. The summed E-state index contributed by atoms with van der Waals surface area (Å²) in [6.07, 6.45) is -3.81. The maximum Gasteiger partial charge on any atom is 0.426 e. The third kappa shape index (κ3) is 4.55. The lowest BCUT2D eigenvalue weighted by atomic mass is 9.76. The number of carbonyl (C=O) groups is 2. The minimum atomic E-state index is -5.09. The monoisotopic (exact) mass is 476 g/mol. The maximum atomic E-state index is 13.2. The Kier molecular flexibility index (Phi) is 6.47. The summed E-state index contributed by atoms with van der Waals surface area (Å²) in [5.41, 5.74) is -1.60. The van der Waals surface area contributed by atoms with Gasteiger partial charge < -0.3 is 20.0 Å². The lowest BCUT2D eigenvalue weighted by Gasteiger charge is -2.39. The van der Waals surface area contributed by atoms with E-state index < -0.39 is 29.2 Å². The van der Waals surface area contributed by atoms with Gasteiger partial charge in [0.25, 0.3) is 5.91 Å². The van der Waals surface area contributed by atoms with Gasteiger partial charge >= 0.3 is 12.3 Å². The molecule has 2 heterocycles. The number of nitrogens with zero attached hydrogens (tertiary/aromatic N) is 2. The minimum absolute atomic E-state index is 0.0383. The molecule has 2 amide bonds. The Morgan fingerprint density at radius 1 is 1.19 bits per heavy atom. The van der Waals surface area contributed by atoms with Crippen LogP contribution in [0.3, 0.4) is 0 Å². The summed E-state index contributed by atoms with van der Waals surface area (Å²) in [5.74, 6) is -1.39. The summed E-state index contributed by atoms with van der Waals surface area (Å²) < 4.78 is 39.6. The van der Waals surface area contributed by atoms with Crippen molar-refractivity contribution >= 4 is 23.6 Å². The van der Waals surface area contributed by atoms with Crippen molar-refractivity contribution in [2.45, 2.75) is 70.8 Å². The summed E-state index contributed by atoms with van der Waals surface area (Å²) >= 11 is 6.31. The zero-order valence-corrected chi connectivity index (χ0v) is 19.1. The van der Waals surface area contributed by atoms with Crippen LogP contribution >= 0.6 is 11.6 Å². The van der Waals surface area contributed by atoms with Crippen molar-refractivity contribution in [1.82, 2.24) is 9.80 Å². The molecule has 0 saturated carbocycles. The van der Waals surface area contributed by atoms with Crippen LogP contribution in [0.5, 0.6) is 0 Å². The van der Waals surface area contributed by atoms with E-state index >= 15 is 0 Å². The van der Waals surface area contributed by atoms with E-state index in [9.17, 15) is 33.0 Å². The van der Waals surface area contributed by atoms with Crippen molar-refractivity contribution in [3.63, 3.8) is 0 Å². The van der Waals surface area contributed by atoms with Gasteiger partial charge in [-0.05, 0) is 66.8 Å². The standard InChI is InChI=1S/C22H28ClF3N2O4/c1-20(2,17-5-4-7-28(17)19(30)31)11-14-10-15(23)9-13-6-8-27(12-16(13)14)18(29)21(3,32)22(24,25)26/h9-10,17,32H,4-8,11-12H2,1-3H3,(H,30,31)/t17-,21?/m0/s1. The molecule has 2 aliphatic heterocycles. The van der Waals surface area contributed by atoms with Crippen LogP contribution in [0, 0.1) is 5.41 Å². The van der Waals surface area contributed by atoms with Crippen LogP contribution in [0.25, 0.3) is 0 Å². The third-order valence-electron chi connectivity index (χ3n) is 6.70. The fourth-order valence-corrected chi connectivity index (χ4v) is 5.15. The van der Waals surface area contributed by atoms with E-state index in [1.165, 1.54) is 4.90 Å². The molecular formula is C22H28ClF3N2O4. The summed E-state index contributed by atoms with van der Waals surface area (Å²) in [7, 11) is 0. The summed E-state index contributed by atoms with van der Waals surface area (Å²) in [6.45, 7) is 4.83. The SMILES string of the molecule is CC(C)(Cc1cc(Cl)cc2c1CN(C(=O)C(C)(O)C(F)(F)F)CC2)[C@@H]1CCCN1C(=O)O. The smallest absolute Gasteiger partial charge is 0.426 e. The lowest BCUT2D eigenvalue weighted by molar-refractivity contribution is -0.250. The van der Waals surface area contributed by atoms with Gasteiger partial charge in [-0.1, -0.05) is 25.4 Å². The van der Waals surface area contributed by atoms with E-state index in [0.717, 1.165) is 28.9 Å². The van der Waals surface area contributed by atoms with Gasteiger partial charge in [-0.15, -0.1) is 0 Å². The molecule has 1 saturated heterocycles. The van der Waals surface area contributed by atoms with Gasteiger partial charge in [0.05, 0.1) is 0 Å². The molecule has 1 aromatic rings. The molecular weight excluding hydrogens is 449 g/mol. The number of halogens is 4. The number of alkyl halides is 3. The second kappa shape index (κ2) is 8.41. The van der Waals surface area contributed by atoms with Crippen molar-refractivity contribution in [3.8, 4) is 0 Å². The van der Waals surface area contributed by atoms with Crippen molar-refractivity contribution < 1.29 is 33.0 Å². The molecule has 1 fully saturated rings. The Bertz CT molecular complexity index is 917. The second-order valence-electron chi connectivity index (χ2n) is 9.55. The Balaban J connectivity index is 1.91. The van der Waals surface area contributed by atoms with Crippen LogP contribution in [-0.4, -0.2) is 62.9 Å². The number of likely N-dealkylation sites (tertiary alicyclic amines) is 1. The van der Waals surface area contributed by atoms with E-state index in [0.29, 0.717) is 36.9 Å². The molecule has 0 aliphatic carbocycles. The van der Waals surface area contributed by atoms with Crippen molar-refractivity contribution in [1.29, 1.82) is 0 Å². The van der Waals surface area contributed by atoms with Gasteiger partial charge in [0.1, 0.15) is 0 Å². The number of carboxylic acid groups (broad SMARTS) is 1. The number of hydrogen-bond donors (Lipinski definition) is 2. The topological polar surface area (TPSA) is 81.1 Å². The predicted octanol–water partition coefficient (Wildman–Crippen LogP) is 4.25. The first-order valence-electron chi connectivity index (χ1n) is 10.5. The quantitative estimate of drug-likeness (QED) is 0.680. The average molecular weight is 477 g/mol. The summed E-state index contributed by atoms with van der Waals surface area (Å²) in [6, 6.07) is 3.27. The van der Waals surface area contributed by atoms with Crippen LogP contribution in [0.1, 0.15) is 50.3 Å². The molecule has 6 nitrogen and oxygen atoms in total. The number of carbonyl (C=O) groups excluding carboxylic acids is 1. The molecule has 178 valence electrons. The van der Waals surface area contributed by atoms with E-state index in [4.69, 9.17) is 11.6 Å². The number of rotatable bonds is 4. The highest BCUT2D eigenvalue weighted by molar-refractivity contribution is 6.30. The van der Waals surface area contributed by atoms with E-state index in [-0.39, 0.29) is 19.1 Å². The van der Waals surface area contributed by atoms with Crippen molar-refractivity contribution in [2.24, 2.45) is 5.41 Å². The van der Waals surface area contributed by atoms with Gasteiger partial charge in [-0.25, -0.2) is 4.79 Å². The molecule has 32 heavy (non-hydrogen) atoms. The molecule has 0 aromatic heterocycles. The first kappa shape index (κ1) is 24.6. The average Bonchev–Trinajstić information content (AvgIpc) is 3.17. The van der Waals surface area contributed by atoms with Crippen LogP contribution in [0.2, 0.25) is 5.02 Å². The predicted molar refractivity (Wildman–Crippen MR) is 112 cm³/mol. The number of aliphatic hydroxyl groups is 1. The van der Waals surface area contributed by atoms with Crippen LogP contribution in [-0.2, 0) is 24.2 Å². The third-order valence-corrected chi connectivity index (χ3v) is 6.92. The fourth-order valence-electron chi connectivity index (χ4n) is 4.88. The van der Waals surface area contributed by atoms with Gasteiger partial charge in [0.15, 0.2) is 0 Å². The molecule has 0 spiro atoms. The number of benzene rings is 1. The Morgan fingerprint density at radius 3 is 2.44 bits per heavy atom. The molecule has 2 aliphatic rings. The lowest BCUT2D eigenvalue weighted by Crippen LogP contribution is -2.56. The molecule has 0 radical (unpaired) electrons. The van der Waals surface area contributed by atoms with Crippen LogP contribution in [0.4, 0.5) is 18.0 Å². The van der Waals surface area contributed by atoms with Crippen molar-refractivity contribution in [2.75, 3.05) is 13.1 Å². The first-order chi connectivity index (χ1) is 14.6. The molecule has 1 unspecified atom stereocenters. The van der Waals surface area contributed by atoms with Gasteiger partial charge in [0, 0.05) is 30.7 Å². The molecule has 3 rings (SSSR count). The second-order valence-corrected chi connectivity index (χ2v) is 9.99. The largest absolute Gasteiger partial charge is 0.465 e. The zero-order chi connectivity index (χ0) is 24.1. The summed E-state index contributed by atoms with van der Waals surface area (Å²) in [5, 5.41) is 19.9. The van der Waals surface area contributed by atoms with E-state index in [1.807, 2.05) is 13.8 Å². The van der Waals surface area contributed by atoms with Gasteiger partial charge in [-0.3, -0.25) is 4.79 Å². The van der Waals surface area contributed by atoms with E-state index in [1.54, 1.807) is 12.1 Å². The number of hydrogen-bond acceptors (Lipinski definition) is 3. The minimum Gasteiger partial charge on any atom is -0.465 e. The normalized spacial score (nSPS) is 21.3. The van der Waals surface area contributed by atoms with E-state index in [2.05, 4.69) is 0 Å². The maximum absolute atomic E-state index is 13.2. The highest BCUT2D eigenvalue weighted by atomic mass is 35.5. The Hall–Kier alpha value is -2.00. The molecule has 2 N–H and O–H groups in total. The fraction of sp³-hybridized carbons (Fsp3) is 0.636. The van der Waals surface area contributed by atoms with Gasteiger partial charge in [0.2, 0.25) is 5.60 Å². The van der Waals surface area contributed by atoms with Crippen LogP contribution in [0.15, 0.2) is 12.1 Å². The molecule has 0 bridgehead atoms. The van der Waals surface area contributed by atoms with Gasteiger partial charge in [-0.2, -0.15) is 13.2 Å². The zero-order valence-electron chi connectivity index (χ0n) is 18.3. The Morgan fingerprint density at radius 2 is 1.84 bits per heavy atom.